The van der Waals surface area contributed by atoms with Crippen LogP contribution in [0.3, 0.4) is 0 Å². The maximum Gasteiger partial charge on any atom is 0.106 e. The predicted molar refractivity (Wildman–Crippen MR) is 52.7 cm³/mol. The Labute approximate surface area is 80.3 Å². The smallest absolute Gasteiger partial charge is 0.106 e. The average Bonchev–Trinajstić information content (AvgIpc) is 2.09. The topological polar surface area (TPSA) is 64.9 Å². The third-order valence-electron chi connectivity index (χ3n) is 1.59. The molecule has 0 spiro atoms. The van der Waals surface area contributed by atoms with Gasteiger partial charge in [0.15, 0.2) is 0 Å². The van der Waals surface area contributed by atoms with Crippen molar-refractivity contribution in [2.75, 3.05) is 6.54 Å². The van der Waals surface area contributed by atoms with Crippen molar-refractivity contribution in [3.8, 4) is 0 Å². The second-order valence-electron chi connectivity index (χ2n) is 2.69. The number of hydrogen-bond acceptors (Lipinski definition) is 3. The van der Waals surface area contributed by atoms with Gasteiger partial charge in [0, 0.05) is 18.8 Å². The number of rotatable bonds is 3. The van der Waals surface area contributed by atoms with Crippen LogP contribution < -0.4 is 11.5 Å². The molecule has 3 nitrogen and oxygen atoms in total. The van der Waals surface area contributed by atoms with Gasteiger partial charge in [0.05, 0.1) is 0 Å². The van der Waals surface area contributed by atoms with E-state index in [0.717, 1.165) is 16.6 Å². The van der Waals surface area contributed by atoms with E-state index in [9.17, 15) is 0 Å². The van der Waals surface area contributed by atoms with Crippen LogP contribution in [0.5, 0.6) is 0 Å². The van der Waals surface area contributed by atoms with Gasteiger partial charge in [0.2, 0.25) is 0 Å². The summed E-state index contributed by atoms with van der Waals surface area (Å²) in [5, 5.41) is 0. The first-order chi connectivity index (χ1) is 5.72. The Kier molecular flexibility index (Phi) is 3.65. The summed E-state index contributed by atoms with van der Waals surface area (Å²) >= 11 is 3.26. The number of pyridine rings is 1. The van der Waals surface area contributed by atoms with Crippen LogP contribution in [0.4, 0.5) is 0 Å². The zero-order valence-corrected chi connectivity index (χ0v) is 8.29. The summed E-state index contributed by atoms with van der Waals surface area (Å²) in [5.41, 5.74) is 12.2. The van der Waals surface area contributed by atoms with Gasteiger partial charge >= 0.3 is 0 Å². The van der Waals surface area contributed by atoms with Crippen LogP contribution in [0.15, 0.2) is 22.9 Å². The maximum absolute atomic E-state index is 5.68. The summed E-state index contributed by atoms with van der Waals surface area (Å²) in [6.07, 6.45) is 2.59. The summed E-state index contributed by atoms with van der Waals surface area (Å²) in [7, 11) is 0. The summed E-state index contributed by atoms with van der Waals surface area (Å²) in [6.45, 7) is 0.510. The molecule has 1 unspecified atom stereocenters. The molecule has 0 radical (unpaired) electrons. The summed E-state index contributed by atoms with van der Waals surface area (Å²) < 4.78 is 0.840. The van der Waals surface area contributed by atoms with Crippen LogP contribution in [-0.4, -0.2) is 17.6 Å². The molecule has 4 heteroatoms. The molecule has 0 saturated heterocycles. The molecule has 0 fully saturated rings. The van der Waals surface area contributed by atoms with E-state index in [1.54, 1.807) is 6.20 Å². The zero-order valence-electron chi connectivity index (χ0n) is 6.70. The van der Waals surface area contributed by atoms with Crippen molar-refractivity contribution in [1.82, 2.24) is 4.98 Å². The van der Waals surface area contributed by atoms with E-state index in [4.69, 9.17) is 11.5 Å². The van der Waals surface area contributed by atoms with Gasteiger partial charge < -0.3 is 11.5 Å². The molecule has 0 amide bonds. The Morgan fingerprint density at radius 1 is 1.50 bits per heavy atom. The minimum absolute atomic E-state index is 0.0352. The van der Waals surface area contributed by atoms with Gasteiger partial charge in [0.1, 0.15) is 4.60 Å². The Morgan fingerprint density at radius 3 is 2.75 bits per heavy atom. The first-order valence-electron chi connectivity index (χ1n) is 3.78. The number of aromatic nitrogens is 1. The molecule has 0 aliphatic carbocycles. The van der Waals surface area contributed by atoms with Crippen LogP contribution in [-0.2, 0) is 6.42 Å². The fourth-order valence-corrected chi connectivity index (χ4v) is 1.15. The highest BCUT2D eigenvalue weighted by Crippen LogP contribution is 2.07. The molecule has 1 atom stereocenters. The van der Waals surface area contributed by atoms with Gasteiger partial charge in [0.25, 0.3) is 0 Å². The molecule has 0 bridgehead atoms. The lowest BCUT2D eigenvalue weighted by Gasteiger charge is -2.07. The Morgan fingerprint density at radius 2 is 2.25 bits per heavy atom. The van der Waals surface area contributed by atoms with Crippen molar-refractivity contribution >= 4 is 15.9 Å². The van der Waals surface area contributed by atoms with E-state index in [2.05, 4.69) is 20.9 Å². The average molecular weight is 230 g/mol. The van der Waals surface area contributed by atoms with Crippen molar-refractivity contribution in [3.05, 3.63) is 28.5 Å². The van der Waals surface area contributed by atoms with Gasteiger partial charge in [-0.2, -0.15) is 0 Å². The molecule has 0 aromatic carbocycles. The van der Waals surface area contributed by atoms with Crippen LogP contribution in [0.25, 0.3) is 0 Å². The summed E-state index contributed by atoms with van der Waals surface area (Å²) in [5.74, 6) is 0. The van der Waals surface area contributed by atoms with Crippen molar-refractivity contribution in [2.24, 2.45) is 11.5 Å². The van der Waals surface area contributed by atoms with E-state index in [-0.39, 0.29) is 6.04 Å². The van der Waals surface area contributed by atoms with Gasteiger partial charge in [-0.25, -0.2) is 4.98 Å². The highest BCUT2D eigenvalue weighted by molar-refractivity contribution is 9.10. The standard InChI is InChI=1S/C8H12BrN3/c9-8-2-1-6(5-12-8)3-7(11)4-10/h1-2,5,7H,3-4,10-11H2. The van der Waals surface area contributed by atoms with Crippen molar-refractivity contribution < 1.29 is 0 Å². The second kappa shape index (κ2) is 4.54. The molecular weight excluding hydrogens is 218 g/mol. The van der Waals surface area contributed by atoms with Crippen molar-refractivity contribution in [1.29, 1.82) is 0 Å². The van der Waals surface area contributed by atoms with E-state index >= 15 is 0 Å². The highest BCUT2D eigenvalue weighted by atomic mass is 79.9. The Hall–Kier alpha value is -0.450. The quantitative estimate of drug-likeness (QED) is 0.750. The summed E-state index contributed by atoms with van der Waals surface area (Å²) in [6, 6.07) is 3.93. The molecule has 66 valence electrons. The van der Waals surface area contributed by atoms with Crippen LogP contribution in [0.1, 0.15) is 5.56 Å². The SMILES string of the molecule is NCC(N)Cc1ccc(Br)nc1. The van der Waals surface area contributed by atoms with Crippen LogP contribution >= 0.6 is 15.9 Å². The van der Waals surface area contributed by atoms with E-state index in [0.29, 0.717) is 6.54 Å². The third kappa shape index (κ3) is 2.89. The molecular formula is C8H12BrN3. The van der Waals surface area contributed by atoms with E-state index in [1.165, 1.54) is 0 Å². The second-order valence-corrected chi connectivity index (χ2v) is 3.50. The van der Waals surface area contributed by atoms with Crippen LogP contribution in [0, 0.1) is 0 Å². The Bertz CT molecular complexity index is 235. The number of nitrogens with zero attached hydrogens (tertiary/aromatic N) is 1. The van der Waals surface area contributed by atoms with Crippen molar-refractivity contribution in [2.45, 2.75) is 12.5 Å². The molecule has 1 aromatic rings. The highest BCUT2D eigenvalue weighted by Gasteiger charge is 2.01. The first-order valence-corrected chi connectivity index (χ1v) is 4.57. The lowest BCUT2D eigenvalue weighted by Crippen LogP contribution is -2.31. The van der Waals surface area contributed by atoms with Gasteiger partial charge in [-0.3, -0.25) is 0 Å². The molecule has 1 rings (SSSR count). The largest absolute Gasteiger partial charge is 0.329 e. The lowest BCUT2D eigenvalue weighted by molar-refractivity contribution is 0.677. The summed E-state index contributed by atoms with van der Waals surface area (Å²) in [4.78, 5) is 4.09. The Balaban J connectivity index is 2.58. The number of nitrogens with two attached hydrogens (primary N) is 2. The fraction of sp³-hybridized carbons (Fsp3) is 0.375. The predicted octanol–water partition coefficient (Wildman–Crippen LogP) is 0.673. The molecule has 1 aromatic heterocycles. The zero-order chi connectivity index (χ0) is 8.97. The van der Waals surface area contributed by atoms with E-state index in [1.807, 2.05) is 12.1 Å². The fourth-order valence-electron chi connectivity index (χ4n) is 0.913. The molecule has 0 aliphatic rings. The molecule has 12 heavy (non-hydrogen) atoms. The van der Waals surface area contributed by atoms with Crippen LogP contribution in [0.2, 0.25) is 0 Å². The molecule has 1 heterocycles. The number of hydrogen-bond donors (Lipinski definition) is 2. The van der Waals surface area contributed by atoms with E-state index < -0.39 is 0 Å². The van der Waals surface area contributed by atoms with Gasteiger partial charge in [-0.05, 0) is 34.0 Å². The minimum atomic E-state index is 0.0352. The first kappa shape index (κ1) is 9.64. The maximum atomic E-state index is 5.68. The lowest BCUT2D eigenvalue weighted by atomic mass is 10.1. The third-order valence-corrected chi connectivity index (χ3v) is 2.06. The van der Waals surface area contributed by atoms with Crippen molar-refractivity contribution in [3.63, 3.8) is 0 Å². The van der Waals surface area contributed by atoms with Gasteiger partial charge in [-0.15, -0.1) is 0 Å². The molecule has 0 aliphatic heterocycles. The molecule has 4 N–H and O–H groups in total. The molecule has 0 saturated carbocycles. The monoisotopic (exact) mass is 229 g/mol. The number of halogens is 1. The van der Waals surface area contributed by atoms with Gasteiger partial charge in [-0.1, -0.05) is 6.07 Å². The normalized spacial score (nSPS) is 12.9. The minimum Gasteiger partial charge on any atom is -0.329 e.